The molecule has 0 spiro atoms. The molecule has 0 saturated carbocycles. The molecule has 1 saturated heterocycles. The van der Waals surface area contributed by atoms with Crippen LogP contribution in [0.4, 0.5) is 10.2 Å². The molecule has 0 unspecified atom stereocenters. The van der Waals surface area contributed by atoms with Crippen LogP contribution in [0.2, 0.25) is 0 Å². The Morgan fingerprint density at radius 3 is 3.16 bits per heavy atom. The minimum absolute atomic E-state index is 0. The average Bonchev–Trinajstić information content (AvgIpc) is 2.96. The molecule has 2 rings (SSSR count). The highest BCUT2D eigenvalue weighted by molar-refractivity contribution is 5.94. The zero-order valence-corrected chi connectivity index (χ0v) is 11.5. The number of hydrogen-bond acceptors (Lipinski definition) is 4. The van der Waals surface area contributed by atoms with Gasteiger partial charge in [0.15, 0.2) is 5.82 Å². The van der Waals surface area contributed by atoms with Gasteiger partial charge in [0.25, 0.3) is 0 Å². The molecular formula is C11H18ClFN4O2. The van der Waals surface area contributed by atoms with E-state index in [1.807, 2.05) is 0 Å². The van der Waals surface area contributed by atoms with Crippen LogP contribution in [0, 0.1) is 0 Å². The van der Waals surface area contributed by atoms with Crippen LogP contribution < -0.4 is 10.6 Å². The van der Waals surface area contributed by atoms with Crippen LogP contribution in [0.1, 0.15) is 6.42 Å². The third-order valence-electron chi connectivity index (χ3n) is 2.81. The maximum Gasteiger partial charge on any atom is 0.242 e. The molecule has 1 aromatic rings. The third-order valence-corrected chi connectivity index (χ3v) is 2.81. The third kappa shape index (κ3) is 4.45. The molecule has 2 N–H and O–H groups in total. The van der Waals surface area contributed by atoms with Crippen LogP contribution >= 0.6 is 12.4 Å². The Kier molecular flexibility index (Phi) is 6.20. The maximum atomic E-state index is 12.9. The van der Waals surface area contributed by atoms with E-state index in [9.17, 15) is 9.18 Å². The Morgan fingerprint density at radius 1 is 1.74 bits per heavy atom. The van der Waals surface area contributed by atoms with E-state index in [2.05, 4.69) is 15.7 Å². The largest absolute Gasteiger partial charge is 0.383 e. The van der Waals surface area contributed by atoms with Gasteiger partial charge in [-0.15, -0.1) is 12.4 Å². The number of halogens is 2. The lowest BCUT2D eigenvalue weighted by molar-refractivity contribution is -0.117. The number of amides is 1. The van der Waals surface area contributed by atoms with Gasteiger partial charge in [-0.1, -0.05) is 0 Å². The molecule has 1 aliphatic heterocycles. The molecule has 1 fully saturated rings. The monoisotopic (exact) mass is 292 g/mol. The standard InChI is InChI=1S/C11H17FN4O2.ClH/c1-18-5-4-16-3-2-10(15-16)14-11(17)9-6-8(12)7-13-9;/h2-3,8-9,13H,4-7H2,1H3,(H,14,15,17);1H/t8-,9+;/m0./s1. The first-order valence-corrected chi connectivity index (χ1v) is 5.89. The first-order chi connectivity index (χ1) is 8.69. The van der Waals surface area contributed by atoms with E-state index in [0.29, 0.717) is 19.0 Å². The molecule has 1 aromatic heterocycles. The van der Waals surface area contributed by atoms with Crippen molar-refractivity contribution in [1.29, 1.82) is 0 Å². The van der Waals surface area contributed by atoms with Crippen LogP contribution in [0.25, 0.3) is 0 Å². The van der Waals surface area contributed by atoms with Gasteiger partial charge in [0.05, 0.1) is 19.2 Å². The highest BCUT2D eigenvalue weighted by Crippen LogP contribution is 2.12. The van der Waals surface area contributed by atoms with E-state index in [-0.39, 0.29) is 31.3 Å². The number of ether oxygens (including phenoxy) is 1. The van der Waals surface area contributed by atoms with Gasteiger partial charge in [-0.3, -0.25) is 9.48 Å². The molecule has 1 aliphatic rings. The molecule has 6 nitrogen and oxygen atoms in total. The molecule has 19 heavy (non-hydrogen) atoms. The highest BCUT2D eigenvalue weighted by atomic mass is 35.5. The van der Waals surface area contributed by atoms with Crippen LogP contribution in [0.3, 0.4) is 0 Å². The van der Waals surface area contributed by atoms with E-state index < -0.39 is 12.2 Å². The Bertz CT molecular complexity index is 415. The molecule has 0 bridgehead atoms. The molecule has 2 atom stereocenters. The van der Waals surface area contributed by atoms with Crippen LogP contribution in [-0.4, -0.2) is 48.2 Å². The topological polar surface area (TPSA) is 68.2 Å². The fourth-order valence-electron chi connectivity index (χ4n) is 1.84. The maximum absolute atomic E-state index is 12.9. The Balaban J connectivity index is 0.00000180. The van der Waals surface area contributed by atoms with Crippen LogP contribution in [-0.2, 0) is 16.1 Å². The molecule has 2 heterocycles. The number of nitrogens with one attached hydrogen (secondary N) is 2. The molecule has 8 heteroatoms. The van der Waals surface area contributed by atoms with Crippen molar-refractivity contribution in [3.8, 4) is 0 Å². The van der Waals surface area contributed by atoms with Gasteiger partial charge in [0, 0.05) is 32.3 Å². The van der Waals surface area contributed by atoms with Gasteiger partial charge in [-0.2, -0.15) is 5.10 Å². The summed E-state index contributed by atoms with van der Waals surface area (Å²) >= 11 is 0. The van der Waals surface area contributed by atoms with Crippen LogP contribution in [0.5, 0.6) is 0 Å². The first-order valence-electron chi connectivity index (χ1n) is 5.89. The van der Waals surface area contributed by atoms with E-state index in [1.54, 1.807) is 24.1 Å². The quantitative estimate of drug-likeness (QED) is 0.833. The van der Waals surface area contributed by atoms with E-state index in [0.717, 1.165) is 0 Å². The second kappa shape index (κ2) is 7.42. The lowest BCUT2D eigenvalue weighted by atomic mass is 10.2. The van der Waals surface area contributed by atoms with Crippen molar-refractivity contribution in [2.45, 2.75) is 25.2 Å². The zero-order valence-electron chi connectivity index (χ0n) is 10.6. The first kappa shape index (κ1) is 15.9. The molecule has 1 amide bonds. The molecule has 0 aliphatic carbocycles. The summed E-state index contributed by atoms with van der Waals surface area (Å²) in [4.78, 5) is 11.8. The summed E-state index contributed by atoms with van der Waals surface area (Å²) in [5.41, 5.74) is 0. The number of methoxy groups -OCH3 is 1. The number of hydrogen-bond donors (Lipinski definition) is 2. The minimum atomic E-state index is -0.944. The van der Waals surface area contributed by atoms with Crippen molar-refractivity contribution in [1.82, 2.24) is 15.1 Å². The number of carbonyl (C=O) groups is 1. The Labute approximate surface area is 117 Å². The van der Waals surface area contributed by atoms with Crippen molar-refractivity contribution in [2.24, 2.45) is 0 Å². The van der Waals surface area contributed by atoms with Crippen LogP contribution in [0.15, 0.2) is 12.3 Å². The van der Waals surface area contributed by atoms with E-state index >= 15 is 0 Å². The predicted molar refractivity (Wildman–Crippen MR) is 71.3 cm³/mol. The summed E-state index contributed by atoms with van der Waals surface area (Å²) in [5, 5.41) is 9.65. The van der Waals surface area contributed by atoms with Gasteiger partial charge >= 0.3 is 0 Å². The summed E-state index contributed by atoms with van der Waals surface area (Å²) < 4.78 is 19.5. The molecule has 108 valence electrons. The number of aromatic nitrogens is 2. The number of alkyl halides is 1. The second-order valence-corrected chi connectivity index (χ2v) is 4.24. The van der Waals surface area contributed by atoms with Gasteiger partial charge in [0.1, 0.15) is 6.17 Å². The van der Waals surface area contributed by atoms with Crippen molar-refractivity contribution >= 4 is 24.1 Å². The van der Waals surface area contributed by atoms with Crippen molar-refractivity contribution in [3.05, 3.63) is 12.3 Å². The number of anilines is 1. The summed E-state index contributed by atoms with van der Waals surface area (Å²) in [7, 11) is 1.62. The number of carbonyl (C=O) groups excluding carboxylic acids is 1. The second-order valence-electron chi connectivity index (χ2n) is 4.24. The summed E-state index contributed by atoms with van der Waals surface area (Å²) in [6.07, 6.45) is 1.03. The normalized spacial score (nSPS) is 22.0. The van der Waals surface area contributed by atoms with Gasteiger partial charge < -0.3 is 15.4 Å². The summed E-state index contributed by atoms with van der Waals surface area (Å²) in [6, 6.07) is 1.24. The number of nitrogens with zero attached hydrogens (tertiary/aromatic N) is 2. The van der Waals surface area contributed by atoms with E-state index in [4.69, 9.17) is 4.74 Å². The SMILES string of the molecule is COCCn1ccc(NC(=O)[C@H]2C[C@H](F)CN2)n1.Cl. The summed E-state index contributed by atoms with van der Waals surface area (Å²) in [5.74, 6) is 0.229. The fourth-order valence-corrected chi connectivity index (χ4v) is 1.84. The van der Waals surface area contributed by atoms with Gasteiger partial charge in [-0.25, -0.2) is 4.39 Å². The Hall–Kier alpha value is -1.18. The molecule has 0 aromatic carbocycles. The van der Waals surface area contributed by atoms with Crippen molar-refractivity contribution in [3.63, 3.8) is 0 Å². The lowest BCUT2D eigenvalue weighted by Gasteiger charge is -2.08. The molecular weight excluding hydrogens is 275 g/mol. The van der Waals surface area contributed by atoms with E-state index in [1.165, 1.54) is 0 Å². The Morgan fingerprint density at radius 2 is 2.53 bits per heavy atom. The van der Waals surface area contributed by atoms with Gasteiger partial charge in [-0.05, 0) is 0 Å². The lowest BCUT2D eigenvalue weighted by Crippen LogP contribution is -2.35. The predicted octanol–water partition coefficient (Wildman–Crippen LogP) is 0.590. The highest BCUT2D eigenvalue weighted by Gasteiger charge is 2.29. The fraction of sp³-hybridized carbons (Fsp3) is 0.636. The van der Waals surface area contributed by atoms with Crippen molar-refractivity contribution in [2.75, 3.05) is 25.6 Å². The minimum Gasteiger partial charge on any atom is -0.383 e. The van der Waals surface area contributed by atoms with Gasteiger partial charge in [0.2, 0.25) is 5.91 Å². The molecule has 0 radical (unpaired) electrons. The zero-order chi connectivity index (χ0) is 13.0. The number of rotatable bonds is 5. The average molecular weight is 293 g/mol. The van der Waals surface area contributed by atoms with Crippen molar-refractivity contribution < 1.29 is 13.9 Å². The summed E-state index contributed by atoms with van der Waals surface area (Å²) in [6.45, 7) is 1.42. The smallest absolute Gasteiger partial charge is 0.242 e.